The smallest absolute Gasteiger partial charge is 0.315 e. The van der Waals surface area contributed by atoms with Gasteiger partial charge < -0.3 is 14.5 Å². The Morgan fingerprint density at radius 1 is 1.62 bits per heavy atom. The standard InChI is InChI=1S/C7H10N4O2/c1-12-5-4-9-7-11-10-6(13-7)2-3-8/h2,4-5H2,1H3,(H,9,11). The van der Waals surface area contributed by atoms with Crippen molar-refractivity contribution in [3.05, 3.63) is 5.89 Å². The fraction of sp³-hybridized carbons (Fsp3) is 0.571. The number of hydrogen-bond acceptors (Lipinski definition) is 6. The van der Waals surface area contributed by atoms with Crippen LogP contribution in [0.3, 0.4) is 0 Å². The molecule has 0 atom stereocenters. The molecule has 1 aromatic heterocycles. The van der Waals surface area contributed by atoms with Crippen LogP contribution in [0.1, 0.15) is 5.89 Å². The summed E-state index contributed by atoms with van der Waals surface area (Å²) in [5, 5.41) is 18.5. The Kier molecular flexibility index (Phi) is 3.73. The van der Waals surface area contributed by atoms with Crippen molar-refractivity contribution in [2.75, 3.05) is 25.6 Å². The van der Waals surface area contributed by atoms with E-state index in [2.05, 4.69) is 15.5 Å². The van der Waals surface area contributed by atoms with Crippen LogP contribution in [0.2, 0.25) is 0 Å². The summed E-state index contributed by atoms with van der Waals surface area (Å²) in [6.45, 7) is 1.17. The molecule has 0 bridgehead atoms. The number of anilines is 1. The van der Waals surface area contributed by atoms with Gasteiger partial charge >= 0.3 is 6.01 Å². The minimum absolute atomic E-state index is 0.138. The third kappa shape index (κ3) is 3.09. The van der Waals surface area contributed by atoms with E-state index in [1.54, 1.807) is 7.11 Å². The number of nitrogens with one attached hydrogen (secondary N) is 1. The number of aromatic nitrogens is 2. The fourth-order valence-electron chi connectivity index (χ4n) is 0.724. The molecule has 0 spiro atoms. The van der Waals surface area contributed by atoms with E-state index in [1.807, 2.05) is 6.07 Å². The van der Waals surface area contributed by atoms with Crippen molar-refractivity contribution >= 4 is 6.01 Å². The van der Waals surface area contributed by atoms with Crippen molar-refractivity contribution in [2.45, 2.75) is 6.42 Å². The van der Waals surface area contributed by atoms with E-state index in [-0.39, 0.29) is 6.42 Å². The van der Waals surface area contributed by atoms with Gasteiger partial charge in [-0.15, -0.1) is 5.10 Å². The highest BCUT2D eigenvalue weighted by Gasteiger charge is 2.03. The molecule has 0 aliphatic rings. The van der Waals surface area contributed by atoms with Crippen LogP contribution in [0.4, 0.5) is 6.01 Å². The molecular weight excluding hydrogens is 172 g/mol. The Bertz CT molecular complexity index is 291. The summed E-state index contributed by atoms with van der Waals surface area (Å²) in [6, 6.07) is 2.24. The quantitative estimate of drug-likeness (QED) is 0.654. The Morgan fingerprint density at radius 2 is 2.46 bits per heavy atom. The molecule has 0 aromatic carbocycles. The molecule has 0 aliphatic carbocycles. The van der Waals surface area contributed by atoms with Crippen LogP contribution >= 0.6 is 0 Å². The lowest BCUT2D eigenvalue weighted by molar-refractivity contribution is 0.210. The number of nitriles is 1. The van der Waals surface area contributed by atoms with E-state index in [0.29, 0.717) is 25.1 Å². The van der Waals surface area contributed by atoms with Gasteiger partial charge in [-0.1, -0.05) is 5.10 Å². The first-order chi connectivity index (χ1) is 6.36. The second-order valence-corrected chi connectivity index (χ2v) is 2.26. The van der Waals surface area contributed by atoms with Gasteiger partial charge in [-0.25, -0.2) is 0 Å². The first-order valence-electron chi connectivity index (χ1n) is 3.79. The Hall–Kier alpha value is -1.61. The molecule has 1 heterocycles. The molecule has 1 aromatic rings. The van der Waals surface area contributed by atoms with Gasteiger partial charge in [0.05, 0.1) is 12.7 Å². The van der Waals surface area contributed by atoms with Crippen molar-refractivity contribution in [3.63, 3.8) is 0 Å². The fourth-order valence-corrected chi connectivity index (χ4v) is 0.724. The normalized spacial score (nSPS) is 9.54. The summed E-state index contributed by atoms with van der Waals surface area (Å²) in [6.07, 6.45) is 0.138. The maximum absolute atomic E-state index is 8.32. The molecule has 0 aliphatic heterocycles. The largest absolute Gasteiger partial charge is 0.407 e. The van der Waals surface area contributed by atoms with Crippen molar-refractivity contribution in [1.82, 2.24) is 10.2 Å². The first-order valence-corrected chi connectivity index (χ1v) is 3.79. The molecule has 0 radical (unpaired) electrons. The second-order valence-electron chi connectivity index (χ2n) is 2.26. The zero-order chi connectivity index (χ0) is 9.52. The lowest BCUT2D eigenvalue weighted by Gasteiger charge is -1.97. The van der Waals surface area contributed by atoms with Gasteiger partial charge in [-0.3, -0.25) is 0 Å². The lowest BCUT2D eigenvalue weighted by atomic mass is 10.5. The predicted octanol–water partition coefficient (Wildman–Crippen LogP) is 0.194. The van der Waals surface area contributed by atoms with E-state index in [1.165, 1.54) is 0 Å². The Labute approximate surface area is 75.5 Å². The second kappa shape index (κ2) is 5.11. The maximum atomic E-state index is 8.32. The number of nitrogens with zero attached hydrogens (tertiary/aromatic N) is 3. The molecule has 1 rings (SSSR count). The SMILES string of the molecule is COCCNc1nnc(CC#N)o1. The summed E-state index contributed by atoms with van der Waals surface area (Å²) >= 11 is 0. The maximum Gasteiger partial charge on any atom is 0.315 e. The van der Waals surface area contributed by atoms with Crippen LogP contribution in [0.25, 0.3) is 0 Å². The Balaban J connectivity index is 2.36. The summed E-state index contributed by atoms with van der Waals surface area (Å²) in [7, 11) is 1.61. The number of ether oxygens (including phenoxy) is 1. The highest BCUT2D eigenvalue weighted by molar-refractivity contribution is 5.16. The average Bonchev–Trinajstić information content (AvgIpc) is 2.54. The van der Waals surface area contributed by atoms with E-state index in [0.717, 1.165) is 0 Å². The van der Waals surface area contributed by atoms with Gasteiger partial charge in [0.1, 0.15) is 6.42 Å². The van der Waals surface area contributed by atoms with Crippen LogP contribution in [0, 0.1) is 11.3 Å². The van der Waals surface area contributed by atoms with Gasteiger partial charge in [0.25, 0.3) is 0 Å². The molecular formula is C7H10N4O2. The van der Waals surface area contributed by atoms with E-state index < -0.39 is 0 Å². The lowest BCUT2D eigenvalue weighted by Crippen LogP contribution is -2.07. The third-order valence-corrected chi connectivity index (χ3v) is 1.28. The molecule has 6 heteroatoms. The van der Waals surface area contributed by atoms with Gasteiger partial charge in [-0.05, 0) is 0 Å². The van der Waals surface area contributed by atoms with E-state index >= 15 is 0 Å². The zero-order valence-electron chi connectivity index (χ0n) is 7.28. The zero-order valence-corrected chi connectivity index (χ0v) is 7.28. The molecule has 13 heavy (non-hydrogen) atoms. The molecule has 6 nitrogen and oxygen atoms in total. The average molecular weight is 182 g/mol. The van der Waals surface area contributed by atoms with E-state index in [4.69, 9.17) is 14.4 Å². The molecule has 0 fully saturated rings. The Morgan fingerprint density at radius 3 is 3.15 bits per heavy atom. The van der Waals surface area contributed by atoms with Gasteiger partial charge in [-0.2, -0.15) is 5.26 Å². The highest BCUT2D eigenvalue weighted by Crippen LogP contribution is 2.04. The van der Waals surface area contributed by atoms with Gasteiger partial charge in [0, 0.05) is 13.7 Å². The highest BCUT2D eigenvalue weighted by atomic mass is 16.5. The van der Waals surface area contributed by atoms with Gasteiger partial charge in [0.15, 0.2) is 0 Å². The van der Waals surface area contributed by atoms with Crippen LogP contribution in [0.15, 0.2) is 4.42 Å². The number of methoxy groups -OCH3 is 1. The van der Waals surface area contributed by atoms with Crippen molar-refractivity contribution < 1.29 is 9.15 Å². The number of rotatable bonds is 5. The van der Waals surface area contributed by atoms with Gasteiger partial charge in [0.2, 0.25) is 5.89 Å². The number of hydrogen-bond donors (Lipinski definition) is 1. The minimum Gasteiger partial charge on any atom is -0.407 e. The van der Waals surface area contributed by atoms with Crippen molar-refractivity contribution in [2.24, 2.45) is 0 Å². The van der Waals surface area contributed by atoms with Crippen LogP contribution in [-0.4, -0.2) is 30.5 Å². The third-order valence-electron chi connectivity index (χ3n) is 1.28. The molecule has 1 N–H and O–H groups in total. The molecule has 70 valence electrons. The molecule has 0 saturated carbocycles. The van der Waals surface area contributed by atoms with Crippen molar-refractivity contribution in [3.8, 4) is 6.07 Å². The summed E-state index contributed by atoms with van der Waals surface area (Å²) in [4.78, 5) is 0. The monoisotopic (exact) mass is 182 g/mol. The summed E-state index contributed by atoms with van der Waals surface area (Å²) < 4.78 is 9.87. The van der Waals surface area contributed by atoms with E-state index in [9.17, 15) is 0 Å². The minimum atomic E-state index is 0.138. The van der Waals surface area contributed by atoms with Crippen LogP contribution in [0.5, 0.6) is 0 Å². The molecule has 0 unspecified atom stereocenters. The van der Waals surface area contributed by atoms with Crippen LogP contribution < -0.4 is 5.32 Å². The summed E-state index contributed by atoms with van der Waals surface area (Å²) in [5.74, 6) is 0.322. The first kappa shape index (κ1) is 9.48. The summed E-state index contributed by atoms with van der Waals surface area (Å²) in [5.41, 5.74) is 0. The molecule has 0 saturated heterocycles. The predicted molar refractivity (Wildman–Crippen MR) is 44.0 cm³/mol. The van der Waals surface area contributed by atoms with Crippen molar-refractivity contribution in [1.29, 1.82) is 5.26 Å². The van der Waals surface area contributed by atoms with Crippen LogP contribution in [-0.2, 0) is 11.2 Å². The molecule has 0 amide bonds. The topological polar surface area (TPSA) is 84.0 Å².